The lowest BCUT2D eigenvalue weighted by Gasteiger charge is -2.07. The van der Waals surface area contributed by atoms with Crippen molar-refractivity contribution >= 4 is 5.97 Å². The van der Waals surface area contributed by atoms with E-state index >= 15 is 0 Å². The molecule has 94 valence electrons. The van der Waals surface area contributed by atoms with Crippen molar-refractivity contribution < 1.29 is 14.3 Å². The van der Waals surface area contributed by atoms with Crippen LogP contribution in [-0.2, 0) is 6.54 Å². The molecule has 0 spiro atoms. The molecule has 0 saturated carbocycles. The largest absolute Gasteiger partial charge is 0.478 e. The second kappa shape index (κ2) is 4.95. The van der Waals surface area contributed by atoms with Crippen molar-refractivity contribution in [3.05, 3.63) is 35.9 Å². The lowest BCUT2D eigenvalue weighted by molar-refractivity contribution is 0.0697. The number of aromatic nitrogens is 3. The summed E-state index contributed by atoms with van der Waals surface area (Å²) in [7, 11) is 0. The van der Waals surface area contributed by atoms with Gasteiger partial charge in [0.2, 0.25) is 0 Å². The lowest BCUT2D eigenvalue weighted by Crippen LogP contribution is -2.06. The summed E-state index contributed by atoms with van der Waals surface area (Å²) in [4.78, 5) is 15.2. The van der Waals surface area contributed by atoms with Gasteiger partial charge >= 0.3 is 5.97 Å². The van der Waals surface area contributed by atoms with Crippen LogP contribution in [0.15, 0.2) is 24.5 Å². The molecule has 1 heterocycles. The molecule has 6 heteroatoms. The van der Waals surface area contributed by atoms with Crippen LogP contribution in [0.3, 0.4) is 0 Å². The number of aromatic carboxylic acids is 1. The van der Waals surface area contributed by atoms with Crippen LogP contribution < -0.4 is 0 Å². The van der Waals surface area contributed by atoms with Gasteiger partial charge in [-0.2, -0.15) is 5.10 Å². The van der Waals surface area contributed by atoms with Crippen molar-refractivity contribution in [2.75, 3.05) is 0 Å². The van der Waals surface area contributed by atoms with Gasteiger partial charge in [-0.3, -0.25) is 0 Å². The third-order valence-corrected chi connectivity index (χ3v) is 2.50. The molecule has 2 rings (SSSR count). The van der Waals surface area contributed by atoms with Crippen molar-refractivity contribution in [2.24, 2.45) is 0 Å². The molecule has 1 aromatic heterocycles. The van der Waals surface area contributed by atoms with E-state index in [1.807, 2.05) is 6.92 Å². The first kappa shape index (κ1) is 12.2. The highest BCUT2D eigenvalue weighted by Crippen LogP contribution is 2.22. The molecule has 2 aromatic rings. The van der Waals surface area contributed by atoms with E-state index in [0.717, 1.165) is 12.5 Å². The van der Waals surface area contributed by atoms with E-state index in [9.17, 15) is 9.18 Å². The van der Waals surface area contributed by atoms with E-state index in [1.54, 1.807) is 4.68 Å². The van der Waals surface area contributed by atoms with Gasteiger partial charge in [0.25, 0.3) is 0 Å². The number of hydrogen-bond acceptors (Lipinski definition) is 3. The molecule has 0 aliphatic rings. The molecule has 1 N–H and O–H groups in total. The normalized spacial score (nSPS) is 10.6. The number of halogens is 1. The molecule has 18 heavy (non-hydrogen) atoms. The van der Waals surface area contributed by atoms with Crippen LogP contribution in [0.1, 0.15) is 23.7 Å². The quantitative estimate of drug-likeness (QED) is 0.901. The van der Waals surface area contributed by atoms with Crippen LogP contribution in [0.25, 0.3) is 11.4 Å². The van der Waals surface area contributed by atoms with Crippen molar-refractivity contribution in [2.45, 2.75) is 19.9 Å². The first-order valence-corrected chi connectivity index (χ1v) is 5.54. The molecule has 0 amide bonds. The monoisotopic (exact) mass is 249 g/mol. The highest BCUT2D eigenvalue weighted by molar-refractivity contribution is 5.95. The molecule has 0 radical (unpaired) electrons. The minimum Gasteiger partial charge on any atom is -0.478 e. The van der Waals surface area contributed by atoms with Crippen LogP contribution in [0, 0.1) is 5.82 Å². The van der Waals surface area contributed by atoms with Crippen LogP contribution in [0.4, 0.5) is 4.39 Å². The zero-order valence-electron chi connectivity index (χ0n) is 9.80. The summed E-state index contributed by atoms with van der Waals surface area (Å²) >= 11 is 0. The topological polar surface area (TPSA) is 68.0 Å². The Balaban J connectivity index is 2.56. The first-order valence-electron chi connectivity index (χ1n) is 5.54. The number of carboxylic acid groups (broad SMARTS) is 1. The van der Waals surface area contributed by atoms with Crippen LogP contribution >= 0.6 is 0 Å². The molecule has 0 aliphatic carbocycles. The van der Waals surface area contributed by atoms with Crippen LogP contribution in [0.2, 0.25) is 0 Å². The third-order valence-electron chi connectivity index (χ3n) is 2.50. The molecular weight excluding hydrogens is 237 g/mol. The fourth-order valence-electron chi connectivity index (χ4n) is 1.74. The maximum absolute atomic E-state index is 13.1. The number of aryl methyl sites for hydroxylation is 1. The van der Waals surface area contributed by atoms with Gasteiger partial charge in [-0.25, -0.2) is 18.9 Å². The Labute approximate surface area is 103 Å². The fraction of sp³-hybridized carbons (Fsp3) is 0.250. The predicted molar refractivity (Wildman–Crippen MR) is 62.7 cm³/mol. The smallest absolute Gasteiger partial charge is 0.336 e. The van der Waals surface area contributed by atoms with Crippen molar-refractivity contribution in [3.63, 3.8) is 0 Å². The average Bonchev–Trinajstić information content (AvgIpc) is 2.77. The van der Waals surface area contributed by atoms with E-state index < -0.39 is 11.8 Å². The maximum atomic E-state index is 13.1. The predicted octanol–water partition coefficient (Wildman–Crippen LogP) is 2.19. The average molecular weight is 249 g/mol. The SMILES string of the molecule is CCCn1ncnc1-c1ccc(F)cc1C(=O)O. The number of carbonyl (C=O) groups is 1. The van der Waals surface area contributed by atoms with E-state index in [4.69, 9.17) is 5.11 Å². The molecule has 0 unspecified atom stereocenters. The maximum Gasteiger partial charge on any atom is 0.336 e. The Morgan fingerprint density at radius 1 is 1.50 bits per heavy atom. The van der Waals surface area contributed by atoms with E-state index in [-0.39, 0.29) is 5.56 Å². The molecule has 0 saturated heterocycles. The summed E-state index contributed by atoms with van der Waals surface area (Å²) < 4.78 is 14.7. The Morgan fingerprint density at radius 3 is 2.94 bits per heavy atom. The van der Waals surface area contributed by atoms with E-state index in [0.29, 0.717) is 17.9 Å². The lowest BCUT2D eigenvalue weighted by atomic mass is 10.1. The highest BCUT2D eigenvalue weighted by atomic mass is 19.1. The molecule has 5 nitrogen and oxygen atoms in total. The number of hydrogen-bond donors (Lipinski definition) is 1. The molecule has 0 bridgehead atoms. The van der Waals surface area contributed by atoms with Crippen LogP contribution in [0.5, 0.6) is 0 Å². The minimum atomic E-state index is -1.18. The van der Waals surface area contributed by atoms with E-state index in [2.05, 4.69) is 10.1 Å². The van der Waals surface area contributed by atoms with Crippen molar-refractivity contribution in [1.29, 1.82) is 0 Å². The van der Waals surface area contributed by atoms with Gasteiger partial charge in [0.05, 0.1) is 5.56 Å². The molecule has 0 fully saturated rings. The van der Waals surface area contributed by atoms with Gasteiger partial charge in [-0.15, -0.1) is 0 Å². The number of nitrogens with zero attached hydrogens (tertiary/aromatic N) is 3. The number of benzene rings is 1. The van der Waals surface area contributed by atoms with Gasteiger partial charge in [0.1, 0.15) is 12.1 Å². The summed E-state index contributed by atoms with van der Waals surface area (Å²) in [5.74, 6) is -1.33. The standard InChI is InChI=1S/C12H12FN3O2/c1-2-5-16-11(14-7-15-16)9-4-3-8(13)6-10(9)12(17)18/h3-4,6-7H,2,5H2,1H3,(H,17,18). The zero-order valence-corrected chi connectivity index (χ0v) is 9.80. The number of rotatable bonds is 4. The second-order valence-electron chi connectivity index (χ2n) is 3.80. The Hall–Kier alpha value is -2.24. The van der Waals surface area contributed by atoms with Gasteiger partial charge in [0, 0.05) is 12.1 Å². The van der Waals surface area contributed by atoms with Crippen molar-refractivity contribution in [1.82, 2.24) is 14.8 Å². The first-order chi connectivity index (χ1) is 8.63. The van der Waals surface area contributed by atoms with Gasteiger partial charge in [0.15, 0.2) is 5.82 Å². The van der Waals surface area contributed by atoms with E-state index in [1.165, 1.54) is 18.5 Å². The number of carboxylic acids is 1. The van der Waals surface area contributed by atoms with Gasteiger partial charge < -0.3 is 5.11 Å². The van der Waals surface area contributed by atoms with Crippen LogP contribution in [-0.4, -0.2) is 25.8 Å². The summed E-state index contributed by atoms with van der Waals surface area (Å²) in [6.07, 6.45) is 2.21. The summed E-state index contributed by atoms with van der Waals surface area (Å²) in [5.41, 5.74) is 0.259. The molecule has 1 aromatic carbocycles. The second-order valence-corrected chi connectivity index (χ2v) is 3.80. The summed E-state index contributed by atoms with van der Waals surface area (Å²) in [5, 5.41) is 13.1. The molecular formula is C12H12FN3O2. The third kappa shape index (κ3) is 2.22. The van der Waals surface area contributed by atoms with Gasteiger partial charge in [-0.05, 0) is 24.6 Å². The fourth-order valence-corrected chi connectivity index (χ4v) is 1.74. The summed E-state index contributed by atoms with van der Waals surface area (Å²) in [6, 6.07) is 3.62. The highest BCUT2D eigenvalue weighted by Gasteiger charge is 2.17. The van der Waals surface area contributed by atoms with Crippen molar-refractivity contribution in [3.8, 4) is 11.4 Å². The Morgan fingerprint density at radius 2 is 2.28 bits per heavy atom. The zero-order chi connectivity index (χ0) is 13.1. The molecule has 0 aliphatic heterocycles. The van der Waals surface area contributed by atoms with Gasteiger partial charge in [-0.1, -0.05) is 6.92 Å². The molecule has 0 atom stereocenters. The minimum absolute atomic E-state index is 0.111. The Bertz CT molecular complexity index is 580. The Kier molecular flexibility index (Phi) is 3.36. The summed E-state index contributed by atoms with van der Waals surface area (Å²) in [6.45, 7) is 2.61.